The number of hydrogen-bond donors (Lipinski definition) is 2. The molecule has 0 spiro atoms. The molecule has 6 heteroatoms. The number of aliphatic hydroxyl groups is 1. The Morgan fingerprint density at radius 3 is 2.84 bits per heavy atom. The Morgan fingerprint density at radius 2 is 2.21 bits per heavy atom. The van der Waals surface area contributed by atoms with Gasteiger partial charge in [0, 0.05) is 18.6 Å². The lowest BCUT2D eigenvalue weighted by Crippen LogP contribution is -2.38. The van der Waals surface area contributed by atoms with Crippen LogP contribution < -0.4 is 4.72 Å². The number of nitrogens with one attached hydrogen (secondary N) is 1. The van der Waals surface area contributed by atoms with Crippen LogP contribution in [0.4, 0.5) is 0 Å². The van der Waals surface area contributed by atoms with E-state index < -0.39 is 10.0 Å². The van der Waals surface area contributed by atoms with E-state index in [2.05, 4.69) is 4.72 Å². The lowest BCUT2D eigenvalue weighted by atomic mass is 10.0. The van der Waals surface area contributed by atoms with Crippen LogP contribution in [-0.4, -0.2) is 32.8 Å². The minimum atomic E-state index is -3.61. The fourth-order valence-corrected chi connectivity index (χ4v) is 3.79. The Bertz CT molecular complexity index is 523. The van der Waals surface area contributed by atoms with Crippen LogP contribution in [0.5, 0.6) is 0 Å². The highest BCUT2D eigenvalue weighted by atomic mass is 32.2. The maximum absolute atomic E-state index is 12.3. The van der Waals surface area contributed by atoms with Crippen molar-refractivity contribution in [3.63, 3.8) is 0 Å². The molecule has 5 nitrogen and oxygen atoms in total. The van der Waals surface area contributed by atoms with Gasteiger partial charge in [0.1, 0.15) is 0 Å². The van der Waals surface area contributed by atoms with Crippen molar-refractivity contribution >= 4 is 10.0 Å². The Morgan fingerprint density at radius 1 is 1.47 bits per heavy atom. The normalized spacial score (nSPS) is 21.5. The third kappa shape index (κ3) is 3.33. The molecule has 0 saturated carbocycles. The lowest BCUT2D eigenvalue weighted by molar-refractivity contribution is 0.180. The molecule has 1 aliphatic heterocycles. The molecule has 1 saturated heterocycles. The first-order valence-electron chi connectivity index (χ1n) is 6.33. The van der Waals surface area contributed by atoms with E-state index in [1.807, 2.05) is 6.92 Å². The van der Waals surface area contributed by atoms with E-state index in [-0.39, 0.29) is 23.5 Å². The maximum atomic E-state index is 12.3. The van der Waals surface area contributed by atoms with Crippen molar-refractivity contribution in [2.24, 2.45) is 5.92 Å². The summed E-state index contributed by atoms with van der Waals surface area (Å²) in [5, 5.41) is 9.22. The summed E-state index contributed by atoms with van der Waals surface area (Å²) in [7, 11) is -3.61. The summed E-state index contributed by atoms with van der Waals surface area (Å²) in [5.74, 6) is 0.205. The highest BCUT2D eigenvalue weighted by Crippen LogP contribution is 2.20. The molecule has 106 valence electrons. The van der Waals surface area contributed by atoms with Crippen molar-refractivity contribution in [1.29, 1.82) is 0 Å². The molecule has 2 rings (SSSR count). The van der Waals surface area contributed by atoms with Gasteiger partial charge in [-0.1, -0.05) is 18.2 Å². The van der Waals surface area contributed by atoms with Crippen molar-refractivity contribution in [1.82, 2.24) is 4.72 Å². The molecule has 2 unspecified atom stereocenters. The lowest BCUT2D eigenvalue weighted by Gasteiger charge is -2.20. The Kier molecular flexibility index (Phi) is 4.57. The first kappa shape index (κ1) is 14.5. The van der Waals surface area contributed by atoms with Crippen molar-refractivity contribution in [2.45, 2.75) is 30.9 Å². The molecule has 2 atom stereocenters. The second-order valence-electron chi connectivity index (χ2n) is 4.80. The van der Waals surface area contributed by atoms with Gasteiger partial charge in [-0.15, -0.1) is 0 Å². The first-order chi connectivity index (χ1) is 9.04. The van der Waals surface area contributed by atoms with Crippen LogP contribution in [0.15, 0.2) is 29.2 Å². The number of sulfonamides is 1. The monoisotopic (exact) mass is 285 g/mol. The van der Waals surface area contributed by atoms with Crippen LogP contribution in [0.3, 0.4) is 0 Å². The van der Waals surface area contributed by atoms with Gasteiger partial charge >= 0.3 is 0 Å². The summed E-state index contributed by atoms with van der Waals surface area (Å²) in [6, 6.07) is 6.29. The van der Waals surface area contributed by atoms with E-state index in [9.17, 15) is 13.5 Å². The van der Waals surface area contributed by atoms with Crippen molar-refractivity contribution in [3.8, 4) is 0 Å². The van der Waals surface area contributed by atoms with Gasteiger partial charge in [-0.05, 0) is 25.0 Å². The number of ether oxygens (including phenoxy) is 1. The van der Waals surface area contributed by atoms with Crippen LogP contribution in [-0.2, 0) is 21.4 Å². The van der Waals surface area contributed by atoms with E-state index >= 15 is 0 Å². The van der Waals surface area contributed by atoms with Gasteiger partial charge in [0.15, 0.2) is 0 Å². The van der Waals surface area contributed by atoms with E-state index in [4.69, 9.17) is 4.74 Å². The quantitative estimate of drug-likeness (QED) is 0.842. The van der Waals surface area contributed by atoms with Crippen LogP contribution in [0.1, 0.15) is 18.9 Å². The average Bonchev–Trinajstić information content (AvgIpc) is 2.92. The number of benzene rings is 1. The molecule has 1 aliphatic rings. The maximum Gasteiger partial charge on any atom is 0.241 e. The van der Waals surface area contributed by atoms with E-state index in [1.165, 1.54) is 6.07 Å². The van der Waals surface area contributed by atoms with Crippen molar-refractivity contribution < 1.29 is 18.3 Å². The summed E-state index contributed by atoms with van der Waals surface area (Å²) in [6.45, 7) is 2.83. The highest BCUT2D eigenvalue weighted by molar-refractivity contribution is 7.89. The molecule has 1 aromatic carbocycles. The SMILES string of the molecule is CC(NS(=O)(=O)c1ccccc1CO)C1CCOC1. The van der Waals surface area contributed by atoms with Crippen LogP contribution in [0.25, 0.3) is 0 Å². The van der Waals surface area contributed by atoms with E-state index in [0.29, 0.717) is 18.8 Å². The van der Waals surface area contributed by atoms with Crippen LogP contribution >= 0.6 is 0 Å². The molecule has 19 heavy (non-hydrogen) atoms. The zero-order valence-corrected chi connectivity index (χ0v) is 11.7. The van der Waals surface area contributed by atoms with Gasteiger partial charge in [0.05, 0.1) is 18.1 Å². The standard InChI is InChI=1S/C13H19NO4S/c1-10(12-6-7-18-9-12)14-19(16,17)13-5-3-2-4-11(13)8-15/h2-5,10,12,14-15H,6-9H2,1H3. The summed E-state index contributed by atoms with van der Waals surface area (Å²) in [4.78, 5) is 0.142. The number of rotatable bonds is 5. The molecule has 1 aromatic rings. The summed E-state index contributed by atoms with van der Waals surface area (Å²) >= 11 is 0. The zero-order valence-electron chi connectivity index (χ0n) is 10.9. The fourth-order valence-electron chi connectivity index (χ4n) is 2.25. The fraction of sp³-hybridized carbons (Fsp3) is 0.538. The minimum Gasteiger partial charge on any atom is -0.392 e. The van der Waals surface area contributed by atoms with Gasteiger partial charge in [0.2, 0.25) is 10.0 Å². The molecule has 0 aromatic heterocycles. The van der Waals surface area contributed by atoms with Crippen molar-refractivity contribution in [3.05, 3.63) is 29.8 Å². The third-order valence-corrected chi connectivity index (χ3v) is 5.10. The van der Waals surface area contributed by atoms with Gasteiger partial charge < -0.3 is 9.84 Å². The predicted molar refractivity (Wildman–Crippen MR) is 71.1 cm³/mol. The van der Waals surface area contributed by atoms with Gasteiger partial charge in [-0.25, -0.2) is 13.1 Å². The summed E-state index contributed by atoms with van der Waals surface area (Å²) < 4.78 is 32.6. The molecule has 0 radical (unpaired) electrons. The molecule has 0 bridgehead atoms. The molecule has 0 amide bonds. The Hall–Kier alpha value is -0.950. The average molecular weight is 285 g/mol. The van der Waals surface area contributed by atoms with Gasteiger partial charge in [-0.3, -0.25) is 0 Å². The van der Waals surface area contributed by atoms with Crippen LogP contribution in [0, 0.1) is 5.92 Å². The largest absolute Gasteiger partial charge is 0.392 e. The number of hydrogen-bond acceptors (Lipinski definition) is 4. The molecule has 1 heterocycles. The van der Waals surface area contributed by atoms with E-state index in [0.717, 1.165) is 6.42 Å². The zero-order chi connectivity index (χ0) is 13.9. The summed E-state index contributed by atoms with van der Waals surface area (Å²) in [6.07, 6.45) is 0.866. The Balaban J connectivity index is 2.17. The highest BCUT2D eigenvalue weighted by Gasteiger charge is 2.27. The van der Waals surface area contributed by atoms with E-state index in [1.54, 1.807) is 18.2 Å². The Labute approximate surface area is 113 Å². The van der Waals surface area contributed by atoms with Crippen molar-refractivity contribution in [2.75, 3.05) is 13.2 Å². The third-order valence-electron chi connectivity index (χ3n) is 3.45. The predicted octanol–water partition coefficient (Wildman–Crippen LogP) is 0.882. The minimum absolute atomic E-state index is 0.142. The number of aliphatic hydroxyl groups excluding tert-OH is 1. The van der Waals surface area contributed by atoms with Crippen LogP contribution in [0.2, 0.25) is 0 Å². The van der Waals surface area contributed by atoms with Gasteiger partial charge in [-0.2, -0.15) is 0 Å². The van der Waals surface area contributed by atoms with Gasteiger partial charge in [0.25, 0.3) is 0 Å². The topological polar surface area (TPSA) is 75.6 Å². The molecule has 2 N–H and O–H groups in total. The second-order valence-corrected chi connectivity index (χ2v) is 6.48. The smallest absolute Gasteiger partial charge is 0.241 e. The second kappa shape index (κ2) is 6.00. The first-order valence-corrected chi connectivity index (χ1v) is 7.82. The molecular weight excluding hydrogens is 266 g/mol. The summed E-state index contributed by atoms with van der Waals surface area (Å²) in [5.41, 5.74) is 0.407. The molecular formula is C13H19NO4S. The molecule has 1 fully saturated rings. The molecule has 0 aliphatic carbocycles.